The molecule has 4 heterocycles. The van der Waals surface area contributed by atoms with Gasteiger partial charge < -0.3 is 4.90 Å². The number of benzene rings is 1. The van der Waals surface area contributed by atoms with Crippen molar-refractivity contribution in [2.24, 2.45) is 0 Å². The van der Waals surface area contributed by atoms with Gasteiger partial charge in [0.05, 0.1) is 11.4 Å². The number of rotatable bonds is 6. The molecule has 0 saturated carbocycles. The molecular formula is C22H23N7O2S2. The van der Waals surface area contributed by atoms with Gasteiger partial charge in [0.25, 0.3) is 5.56 Å². The van der Waals surface area contributed by atoms with E-state index in [4.69, 9.17) is 0 Å². The highest BCUT2D eigenvalue weighted by Gasteiger charge is 2.23. The first kappa shape index (κ1) is 21.8. The molecule has 1 amide bonds. The van der Waals surface area contributed by atoms with Crippen molar-refractivity contribution in [2.75, 3.05) is 31.9 Å². The summed E-state index contributed by atoms with van der Waals surface area (Å²) in [5.74, 6) is 1.20. The van der Waals surface area contributed by atoms with Gasteiger partial charge in [-0.2, -0.15) is 0 Å². The van der Waals surface area contributed by atoms with Gasteiger partial charge in [0.15, 0.2) is 10.1 Å². The van der Waals surface area contributed by atoms with Gasteiger partial charge in [-0.15, -0.1) is 21.5 Å². The Kier molecular flexibility index (Phi) is 6.25. The van der Waals surface area contributed by atoms with Gasteiger partial charge in [0.2, 0.25) is 5.91 Å². The van der Waals surface area contributed by atoms with Crippen LogP contribution in [0.2, 0.25) is 0 Å². The lowest BCUT2D eigenvalue weighted by Gasteiger charge is -2.34. The maximum absolute atomic E-state index is 12.8. The Labute approximate surface area is 198 Å². The summed E-state index contributed by atoms with van der Waals surface area (Å²) >= 11 is 2.86. The molecule has 0 bridgehead atoms. The number of fused-ring (bicyclic) bond motifs is 1. The van der Waals surface area contributed by atoms with Crippen molar-refractivity contribution in [3.63, 3.8) is 0 Å². The zero-order valence-electron chi connectivity index (χ0n) is 18.1. The molecular weight excluding hydrogens is 458 g/mol. The SMILES string of the molecule is Cc1nnc(SCC(=O)N2CCN(Cc3cc(=O)n4ccsc4n3)CC2)n1-c1ccccc1. The predicted molar refractivity (Wildman–Crippen MR) is 128 cm³/mol. The van der Waals surface area contributed by atoms with Crippen molar-refractivity contribution in [1.82, 2.24) is 33.9 Å². The fraction of sp³-hybridized carbons (Fsp3) is 0.318. The van der Waals surface area contributed by atoms with Gasteiger partial charge in [-0.05, 0) is 19.1 Å². The minimum absolute atomic E-state index is 0.0549. The van der Waals surface area contributed by atoms with E-state index in [1.54, 1.807) is 16.7 Å². The van der Waals surface area contributed by atoms with Crippen molar-refractivity contribution in [1.29, 1.82) is 0 Å². The smallest absolute Gasteiger partial charge is 0.258 e. The molecule has 0 unspecified atom stereocenters. The predicted octanol–water partition coefficient (Wildman–Crippen LogP) is 2.08. The van der Waals surface area contributed by atoms with Crippen molar-refractivity contribution in [2.45, 2.75) is 18.6 Å². The maximum atomic E-state index is 12.8. The highest BCUT2D eigenvalue weighted by Crippen LogP contribution is 2.22. The summed E-state index contributed by atoms with van der Waals surface area (Å²) in [5.41, 5.74) is 1.70. The van der Waals surface area contributed by atoms with Gasteiger partial charge in [0.1, 0.15) is 5.82 Å². The Bertz CT molecular complexity index is 1320. The van der Waals surface area contributed by atoms with Crippen molar-refractivity contribution in [3.8, 4) is 5.69 Å². The Morgan fingerprint density at radius 1 is 1.12 bits per heavy atom. The van der Waals surface area contributed by atoms with Crippen molar-refractivity contribution < 1.29 is 4.79 Å². The van der Waals surface area contributed by atoms with Crippen LogP contribution in [0.25, 0.3) is 10.6 Å². The van der Waals surface area contributed by atoms with E-state index in [2.05, 4.69) is 20.1 Å². The van der Waals surface area contributed by atoms with E-state index < -0.39 is 0 Å². The number of aryl methyl sites for hydroxylation is 1. The molecule has 1 aliphatic heterocycles. The van der Waals surface area contributed by atoms with E-state index in [9.17, 15) is 9.59 Å². The lowest BCUT2D eigenvalue weighted by atomic mass is 10.3. The number of piperazine rings is 1. The Hall–Kier alpha value is -3.02. The number of nitrogens with zero attached hydrogens (tertiary/aromatic N) is 7. The van der Waals surface area contributed by atoms with Crippen LogP contribution in [0.1, 0.15) is 11.5 Å². The van der Waals surface area contributed by atoms with Crippen LogP contribution in [0, 0.1) is 6.92 Å². The largest absolute Gasteiger partial charge is 0.339 e. The summed E-state index contributed by atoms with van der Waals surface area (Å²) in [6, 6.07) is 11.5. The van der Waals surface area contributed by atoms with Crippen LogP contribution in [0.15, 0.2) is 57.9 Å². The van der Waals surface area contributed by atoms with E-state index in [1.165, 1.54) is 23.1 Å². The molecule has 170 valence electrons. The van der Waals surface area contributed by atoms with Crippen LogP contribution >= 0.6 is 23.1 Å². The van der Waals surface area contributed by atoms with E-state index >= 15 is 0 Å². The number of carbonyl (C=O) groups excluding carboxylic acids is 1. The molecule has 0 atom stereocenters. The first-order valence-electron chi connectivity index (χ1n) is 10.6. The average Bonchev–Trinajstić information content (AvgIpc) is 3.45. The number of hydrogen-bond acceptors (Lipinski definition) is 8. The van der Waals surface area contributed by atoms with Crippen LogP contribution in [0.5, 0.6) is 0 Å². The van der Waals surface area contributed by atoms with E-state index in [0.717, 1.165) is 30.3 Å². The number of thiazole rings is 1. The summed E-state index contributed by atoms with van der Waals surface area (Å²) < 4.78 is 3.53. The average molecular weight is 482 g/mol. The second kappa shape index (κ2) is 9.46. The van der Waals surface area contributed by atoms with Crippen LogP contribution < -0.4 is 5.56 Å². The molecule has 3 aromatic heterocycles. The molecule has 1 aromatic carbocycles. The summed E-state index contributed by atoms with van der Waals surface area (Å²) in [5, 5.41) is 11.0. The first-order valence-corrected chi connectivity index (χ1v) is 12.5. The fourth-order valence-electron chi connectivity index (χ4n) is 3.88. The van der Waals surface area contributed by atoms with E-state index in [0.29, 0.717) is 35.5 Å². The number of hydrogen-bond donors (Lipinski definition) is 0. The molecule has 0 radical (unpaired) electrons. The van der Waals surface area contributed by atoms with Gasteiger partial charge >= 0.3 is 0 Å². The van der Waals surface area contributed by atoms with Crippen LogP contribution in [-0.2, 0) is 11.3 Å². The molecule has 0 spiro atoms. The number of para-hydroxylation sites is 1. The molecule has 1 saturated heterocycles. The van der Waals surface area contributed by atoms with Gasteiger partial charge in [-0.3, -0.25) is 23.5 Å². The van der Waals surface area contributed by atoms with Gasteiger partial charge in [-0.25, -0.2) is 4.98 Å². The normalized spacial score (nSPS) is 14.8. The molecule has 5 rings (SSSR count). The Balaban J connectivity index is 1.16. The van der Waals surface area contributed by atoms with E-state index in [1.807, 2.05) is 52.1 Å². The molecule has 0 N–H and O–H groups in total. The molecule has 33 heavy (non-hydrogen) atoms. The van der Waals surface area contributed by atoms with Crippen LogP contribution in [-0.4, -0.2) is 71.8 Å². The third-order valence-corrected chi connectivity index (χ3v) is 7.27. The van der Waals surface area contributed by atoms with Gasteiger partial charge in [-0.1, -0.05) is 30.0 Å². The monoisotopic (exact) mass is 481 g/mol. The molecule has 1 aliphatic rings. The lowest BCUT2D eigenvalue weighted by molar-refractivity contribution is -0.130. The minimum atomic E-state index is -0.0549. The molecule has 0 aliphatic carbocycles. The van der Waals surface area contributed by atoms with Crippen molar-refractivity contribution >= 4 is 34.0 Å². The number of aromatic nitrogens is 5. The zero-order valence-corrected chi connectivity index (χ0v) is 19.8. The van der Waals surface area contributed by atoms with Crippen LogP contribution in [0.3, 0.4) is 0 Å². The van der Waals surface area contributed by atoms with Crippen molar-refractivity contribution in [3.05, 3.63) is 69.8 Å². The van der Waals surface area contributed by atoms with E-state index in [-0.39, 0.29) is 11.5 Å². The highest BCUT2D eigenvalue weighted by molar-refractivity contribution is 7.99. The molecule has 1 fully saturated rings. The highest BCUT2D eigenvalue weighted by atomic mass is 32.2. The number of carbonyl (C=O) groups is 1. The lowest BCUT2D eigenvalue weighted by Crippen LogP contribution is -2.49. The number of thioether (sulfide) groups is 1. The van der Waals surface area contributed by atoms with Gasteiger partial charge in [0, 0.05) is 56.1 Å². The fourth-order valence-corrected chi connectivity index (χ4v) is 5.52. The quantitative estimate of drug-likeness (QED) is 0.390. The maximum Gasteiger partial charge on any atom is 0.258 e. The first-order chi connectivity index (χ1) is 16.1. The third kappa shape index (κ3) is 4.70. The zero-order chi connectivity index (χ0) is 22.8. The minimum Gasteiger partial charge on any atom is -0.339 e. The standard InChI is InChI=1S/C22H23N7O2S2/c1-16-24-25-22(29(16)18-5-3-2-4-6-18)33-15-20(31)27-9-7-26(8-10-27)14-17-13-19(30)28-11-12-32-21(28)23-17/h2-6,11-13H,7-10,14-15H2,1H3. The molecule has 11 heteroatoms. The Morgan fingerprint density at radius 3 is 2.70 bits per heavy atom. The third-order valence-electron chi connectivity index (χ3n) is 5.60. The molecule has 4 aromatic rings. The number of amides is 1. The topological polar surface area (TPSA) is 88.6 Å². The second-order valence-corrected chi connectivity index (χ2v) is 9.60. The summed E-state index contributed by atoms with van der Waals surface area (Å²) in [4.78, 5) is 34.4. The van der Waals surface area contributed by atoms with Crippen LogP contribution in [0.4, 0.5) is 0 Å². The molecule has 9 nitrogen and oxygen atoms in total. The summed E-state index contributed by atoms with van der Waals surface area (Å²) in [6.45, 7) is 5.33. The Morgan fingerprint density at radius 2 is 1.91 bits per heavy atom. The second-order valence-electron chi connectivity index (χ2n) is 7.79. The summed E-state index contributed by atoms with van der Waals surface area (Å²) in [7, 11) is 0. The summed E-state index contributed by atoms with van der Waals surface area (Å²) in [6.07, 6.45) is 1.74.